The Morgan fingerprint density at radius 2 is 2.14 bits per heavy atom. The van der Waals surface area contributed by atoms with E-state index < -0.39 is 17.3 Å². The van der Waals surface area contributed by atoms with Gasteiger partial charge in [0, 0.05) is 11.3 Å². The van der Waals surface area contributed by atoms with Gasteiger partial charge in [-0.3, -0.25) is 9.59 Å². The van der Waals surface area contributed by atoms with Gasteiger partial charge in [-0.2, -0.15) is 0 Å². The first-order valence-corrected chi connectivity index (χ1v) is 6.64. The van der Waals surface area contributed by atoms with Gasteiger partial charge in [0.15, 0.2) is 11.4 Å². The van der Waals surface area contributed by atoms with Crippen LogP contribution in [-0.2, 0) is 10.4 Å². The largest absolute Gasteiger partial charge is 0.461 e. The lowest BCUT2D eigenvalue weighted by Gasteiger charge is -2.21. The Hall–Kier alpha value is -2.40. The molecule has 0 aliphatic carbocycles. The SMILES string of the molecule is Cc1cc(C)c2c(c1)NC(=O)[C@]2(O)CC(=O)c1ccco1. The summed E-state index contributed by atoms with van der Waals surface area (Å²) in [4.78, 5) is 24.3. The van der Waals surface area contributed by atoms with Gasteiger partial charge in [0.25, 0.3) is 5.91 Å². The molecule has 1 atom stereocenters. The molecule has 3 rings (SSSR count). The summed E-state index contributed by atoms with van der Waals surface area (Å²) in [5.41, 5.74) is 0.938. The van der Waals surface area contributed by atoms with Gasteiger partial charge in [-0.05, 0) is 43.2 Å². The minimum Gasteiger partial charge on any atom is -0.461 e. The summed E-state index contributed by atoms with van der Waals surface area (Å²) in [6.07, 6.45) is 1.04. The maximum absolute atomic E-state index is 12.2. The van der Waals surface area contributed by atoms with Crippen LogP contribution in [0.2, 0.25) is 0 Å². The molecule has 0 radical (unpaired) electrons. The second kappa shape index (κ2) is 4.56. The Labute approximate surface area is 121 Å². The standard InChI is InChI=1S/C16H15NO4/c1-9-6-10(2)14-11(7-9)17-15(19)16(14,20)8-12(18)13-4-3-5-21-13/h3-7,20H,8H2,1-2H3,(H,17,19)/t16-/m0/s1. The number of nitrogens with one attached hydrogen (secondary N) is 1. The Balaban J connectivity index is 2.03. The average Bonchev–Trinajstić information content (AvgIpc) is 2.97. The zero-order chi connectivity index (χ0) is 15.2. The number of fused-ring (bicyclic) bond motifs is 1. The van der Waals surface area contributed by atoms with E-state index in [1.165, 1.54) is 12.3 Å². The Bertz CT molecular complexity index is 733. The van der Waals surface area contributed by atoms with Gasteiger partial charge in [0.05, 0.1) is 12.7 Å². The number of rotatable bonds is 3. The topological polar surface area (TPSA) is 79.5 Å². The maximum Gasteiger partial charge on any atom is 0.261 e. The normalized spacial score (nSPS) is 20.2. The highest BCUT2D eigenvalue weighted by Gasteiger charge is 2.48. The molecule has 5 heteroatoms. The van der Waals surface area contributed by atoms with Crippen molar-refractivity contribution in [2.45, 2.75) is 25.9 Å². The maximum atomic E-state index is 12.2. The van der Waals surface area contributed by atoms with Crippen molar-refractivity contribution >= 4 is 17.4 Å². The zero-order valence-electron chi connectivity index (χ0n) is 11.8. The minimum absolute atomic E-state index is 0.134. The van der Waals surface area contributed by atoms with Crippen LogP contribution in [0.5, 0.6) is 0 Å². The molecular formula is C16H15NO4. The van der Waals surface area contributed by atoms with E-state index in [0.717, 1.165) is 11.1 Å². The van der Waals surface area contributed by atoms with Crippen molar-refractivity contribution in [1.82, 2.24) is 0 Å². The molecule has 0 fully saturated rings. The molecule has 1 amide bonds. The van der Waals surface area contributed by atoms with Crippen molar-refractivity contribution in [3.05, 3.63) is 53.0 Å². The molecule has 0 bridgehead atoms. The van der Waals surface area contributed by atoms with Crippen LogP contribution in [-0.4, -0.2) is 16.8 Å². The zero-order valence-corrected chi connectivity index (χ0v) is 11.8. The summed E-state index contributed by atoms with van der Waals surface area (Å²) in [5.74, 6) is -0.856. The molecule has 2 aromatic rings. The third-order valence-electron chi connectivity index (χ3n) is 3.73. The summed E-state index contributed by atoms with van der Waals surface area (Å²) < 4.78 is 5.03. The molecule has 1 aromatic heterocycles. The molecule has 5 nitrogen and oxygen atoms in total. The van der Waals surface area contributed by atoms with Crippen molar-refractivity contribution in [3.63, 3.8) is 0 Å². The Morgan fingerprint density at radius 1 is 1.38 bits per heavy atom. The van der Waals surface area contributed by atoms with E-state index in [4.69, 9.17) is 4.42 Å². The molecule has 1 aromatic carbocycles. The lowest BCUT2D eigenvalue weighted by Crippen LogP contribution is -2.37. The molecular weight excluding hydrogens is 270 g/mol. The van der Waals surface area contributed by atoms with Gasteiger partial charge in [-0.25, -0.2) is 0 Å². The molecule has 0 spiro atoms. The molecule has 1 aliphatic rings. The van der Waals surface area contributed by atoms with E-state index in [-0.39, 0.29) is 12.2 Å². The number of hydrogen-bond acceptors (Lipinski definition) is 4. The number of Topliss-reactive ketones (excluding diaryl/α,β-unsaturated/α-hetero) is 1. The lowest BCUT2D eigenvalue weighted by atomic mass is 9.86. The van der Waals surface area contributed by atoms with Crippen molar-refractivity contribution in [1.29, 1.82) is 0 Å². The number of furan rings is 1. The summed E-state index contributed by atoms with van der Waals surface area (Å²) >= 11 is 0. The van der Waals surface area contributed by atoms with Crippen LogP contribution in [0, 0.1) is 13.8 Å². The predicted octanol–water partition coefficient (Wildman–Crippen LogP) is 2.31. The molecule has 2 N–H and O–H groups in total. The number of carbonyl (C=O) groups excluding carboxylic acids is 2. The fourth-order valence-electron chi connectivity index (χ4n) is 2.88. The van der Waals surface area contributed by atoms with Crippen LogP contribution in [0.25, 0.3) is 0 Å². The summed E-state index contributed by atoms with van der Waals surface area (Å²) in [5, 5.41) is 13.4. The predicted molar refractivity (Wildman–Crippen MR) is 76.1 cm³/mol. The summed E-state index contributed by atoms with van der Waals surface area (Å²) in [6, 6.07) is 6.77. The van der Waals surface area contributed by atoms with Crippen LogP contribution in [0.15, 0.2) is 34.9 Å². The molecule has 1 aliphatic heterocycles. The highest BCUT2D eigenvalue weighted by molar-refractivity contribution is 6.09. The van der Waals surface area contributed by atoms with Crippen LogP contribution in [0.3, 0.4) is 0 Å². The van der Waals surface area contributed by atoms with Crippen LogP contribution in [0.1, 0.15) is 33.7 Å². The molecule has 0 unspecified atom stereocenters. The number of aliphatic hydroxyl groups is 1. The first-order chi connectivity index (χ1) is 9.91. The van der Waals surface area contributed by atoms with E-state index >= 15 is 0 Å². The van der Waals surface area contributed by atoms with Gasteiger partial charge < -0.3 is 14.8 Å². The molecule has 108 valence electrons. The van der Waals surface area contributed by atoms with Gasteiger partial charge in [0.2, 0.25) is 5.78 Å². The Morgan fingerprint density at radius 3 is 2.81 bits per heavy atom. The molecule has 21 heavy (non-hydrogen) atoms. The fraction of sp³-hybridized carbons (Fsp3) is 0.250. The van der Waals surface area contributed by atoms with E-state index in [0.29, 0.717) is 11.3 Å². The van der Waals surface area contributed by atoms with Crippen LogP contribution in [0.4, 0.5) is 5.69 Å². The number of anilines is 1. The molecule has 0 saturated heterocycles. The van der Waals surface area contributed by atoms with Gasteiger partial charge in [-0.1, -0.05) is 6.07 Å². The van der Waals surface area contributed by atoms with Gasteiger partial charge in [0.1, 0.15) is 0 Å². The third kappa shape index (κ3) is 2.06. The second-order valence-electron chi connectivity index (χ2n) is 5.40. The fourth-order valence-corrected chi connectivity index (χ4v) is 2.88. The number of hydrogen-bond donors (Lipinski definition) is 2. The first-order valence-electron chi connectivity index (χ1n) is 6.64. The van der Waals surface area contributed by atoms with E-state index in [1.54, 1.807) is 12.1 Å². The van der Waals surface area contributed by atoms with Crippen molar-refractivity contribution in [2.24, 2.45) is 0 Å². The second-order valence-corrected chi connectivity index (χ2v) is 5.40. The van der Waals surface area contributed by atoms with E-state index in [2.05, 4.69) is 5.32 Å². The van der Waals surface area contributed by atoms with Crippen molar-refractivity contribution in [2.75, 3.05) is 5.32 Å². The van der Waals surface area contributed by atoms with E-state index in [9.17, 15) is 14.7 Å². The highest BCUT2D eigenvalue weighted by atomic mass is 16.3. The number of ketones is 1. The number of aryl methyl sites for hydroxylation is 2. The smallest absolute Gasteiger partial charge is 0.261 e. The quantitative estimate of drug-likeness (QED) is 0.848. The first kappa shape index (κ1) is 13.6. The Kier molecular flexibility index (Phi) is 2.95. The molecule has 2 heterocycles. The van der Waals surface area contributed by atoms with Crippen molar-refractivity contribution in [3.8, 4) is 0 Å². The summed E-state index contributed by atoms with van der Waals surface area (Å²) in [7, 11) is 0. The lowest BCUT2D eigenvalue weighted by molar-refractivity contribution is -0.133. The van der Waals surface area contributed by atoms with Gasteiger partial charge in [-0.15, -0.1) is 0 Å². The monoisotopic (exact) mass is 285 g/mol. The van der Waals surface area contributed by atoms with Crippen LogP contribution >= 0.6 is 0 Å². The van der Waals surface area contributed by atoms with Gasteiger partial charge >= 0.3 is 0 Å². The number of benzene rings is 1. The minimum atomic E-state index is -1.85. The number of amides is 1. The molecule has 0 saturated carbocycles. The van der Waals surface area contributed by atoms with Crippen molar-refractivity contribution < 1.29 is 19.1 Å². The summed E-state index contributed by atoms with van der Waals surface area (Å²) in [6.45, 7) is 3.72. The van der Waals surface area contributed by atoms with E-state index in [1.807, 2.05) is 19.9 Å². The van der Waals surface area contributed by atoms with Crippen LogP contribution < -0.4 is 5.32 Å². The average molecular weight is 285 g/mol. The highest BCUT2D eigenvalue weighted by Crippen LogP contribution is 2.41. The third-order valence-corrected chi connectivity index (χ3v) is 3.73. The number of carbonyl (C=O) groups is 2.